The molecule has 2 aromatic heterocycles. The van der Waals surface area contributed by atoms with Gasteiger partial charge in [-0.2, -0.15) is 0 Å². The van der Waals surface area contributed by atoms with Gasteiger partial charge in [0.2, 0.25) is 0 Å². The van der Waals surface area contributed by atoms with Gasteiger partial charge in [-0.15, -0.1) is 22.7 Å². The number of nitrogens with two attached hydrogens (primary N) is 1. The molecule has 0 saturated carbocycles. The van der Waals surface area contributed by atoms with Gasteiger partial charge in [0, 0.05) is 22.8 Å². The molecule has 3 N–H and O–H groups in total. The van der Waals surface area contributed by atoms with E-state index in [1.807, 2.05) is 5.38 Å². The molecule has 0 aromatic carbocycles. The second-order valence-electron chi connectivity index (χ2n) is 3.87. The molecule has 0 aliphatic carbocycles. The highest BCUT2D eigenvalue weighted by Gasteiger charge is 2.06. The molecule has 2 aromatic rings. The van der Waals surface area contributed by atoms with Gasteiger partial charge in [0.25, 0.3) is 0 Å². The van der Waals surface area contributed by atoms with Crippen molar-refractivity contribution in [3.63, 3.8) is 0 Å². The first kappa shape index (κ1) is 11.6. The van der Waals surface area contributed by atoms with Crippen LogP contribution in [0.4, 0.5) is 5.13 Å². The number of aromatic nitrogens is 1. The molecule has 0 bridgehead atoms. The predicted molar refractivity (Wildman–Crippen MR) is 71.8 cm³/mol. The molecule has 0 fully saturated rings. The zero-order valence-corrected chi connectivity index (χ0v) is 11.0. The van der Waals surface area contributed by atoms with Crippen molar-refractivity contribution >= 4 is 27.8 Å². The third-order valence-corrected chi connectivity index (χ3v) is 3.90. The fraction of sp³-hybridized carbons (Fsp3) is 0.364. The lowest BCUT2D eigenvalue weighted by Gasteiger charge is -2.05. The monoisotopic (exact) mass is 253 g/mol. The van der Waals surface area contributed by atoms with E-state index < -0.39 is 0 Å². The van der Waals surface area contributed by atoms with Crippen molar-refractivity contribution in [1.29, 1.82) is 0 Å². The molecule has 2 heterocycles. The maximum atomic E-state index is 5.62. The van der Waals surface area contributed by atoms with Crippen molar-refractivity contribution in [1.82, 2.24) is 10.3 Å². The number of anilines is 1. The van der Waals surface area contributed by atoms with E-state index in [2.05, 4.69) is 36.3 Å². The molecule has 0 aliphatic rings. The summed E-state index contributed by atoms with van der Waals surface area (Å²) < 4.78 is 0. The van der Waals surface area contributed by atoms with Crippen LogP contribution in [0, 0.1) is 0 Å². The van der Waals surface area contributed by atoms with Crippen LogP contribution in [0.1, 0.15) is 18.7 Å². The largest absolute Gasteiger partial charge is 0.375 e. The van der Waals surface area contributed by atoms with Crippen molar-refractivity contribution in [2.24, 2.45) is 0 Å². The lowest BCUT2D eigenvalue weighted by atomic mass is 10.3. The Kier molecular flexibility index (Phi) is 3.58. The summed E-state index contributed by atoms with van der Waals surface area (Å²) in [7, 11) is 0. The van der Waals surface area contributed by atoms with Gasteiger partial charge in [0.15, 0.2) is 5.13 Å². The summed E-state index contributed by atoms with van der Waals surface area (Å²) in [4.78, 5) is 6.79. The average molecular weight is 253 g/mol. The standard InChI is InChI=1S/C11H15N3S2/c1-7(2)13-5-8-3-4-10(16-8)9-6-15-11(12)14-9/h3-4,6-7,13H,5H2,1-2H3,(H2,12,14). The van der Waals surface area contributed by atoms with E-state index >= 15 is 0 Å². The third kappa shape index (κ3) is 2.81. The first-order valence-corrected chi connectivity index (χ1v) is 6.88. The van der Waals surface area contributed by atoms with E-state index in [4.69, 9.17) is 5.73 Å². The maximum absolute atomic E-state index is 5.62. The lowest BCUT2D eigenvalue weighted by molar-refractivity contribution is 0.593. The number of nitrogens with zero attached hydrogens (tertiary/aromatic N) is 1. The summed E-state index contributed by atoms with van der Waals surface area (Å²) in [6.45, 7) is 5.22. The van der Waals surface area contributed by atoms with Crippen molar-refractivity contribution in [3.8, 4) is 10.6 Å². The molecule has 0 spiro atoms. The van der Waals surface area contributed by atoms with Crippen LogP contribution in [0.3, 0.4) is 0 Å². The van der Waals surface area contributed by atoms with E-state index in [0.29, 0.717) is 11.2 Å². The third-order valence-electron chi connectivity index (χ3n) is 2.12. The van der Waals surface area contributed by atoms with Crippen LogP contribution in [0.15, 0.2) is 17.5 Å². The molecular formula is C11H15N3S2. The van der Waals surface area contributed by atoms with Crippen molar-refractivity contribution < 1.29 is 0 Å². The minimum absolute atomic E-state index is 0.514. The van der Waals surface area contributed by atoms with E-state index in [9.17, 15) is 0 Å². The van der Waals surface area contributed by atoms with Gasteiger partial charge < -0.3 is 11.1 Å². The molecule has 0 radical (unpaired) electrons. The molecule has 0 unspecified atom stereocenters. The number of hydrogen-bond donors (Lipinski definition) is 2. The van der Waals surface area contributed by atoms with Gasteiger partial charge >= 0.3 is 0 Å². The van der Waals surface area contributed by atoms with Gasteiger partial charge in [0.1, 0.15) is 0 Å². The van der Waals surface area contributed by atoms with Crippen LogP contribution in [-0.2, 0) is 6.54 Å². The zero-order chi connectivity index (χ0) is 11.5. The minimum Gasteiger partial charge on any atom is -0.375 e. The Morgan fingerprint density at radius 1 is 1.44 bits per heavy atom. The van der Waals surface area contributed by atoms with Crippen molar-refractivity contribution in [2.75, 3.05) is 5.73 Å². The van der Waals surface area contributed by atoms with Gasteiger partial charge in [0.05, 0.1) is 10.6 Å². The SMILES string of the molecule is CC(C)NCc1ccc(-c2csc(N)n2)s1. The number of nitrogens with one attached hydrogen (secondary N) is 1. The van der Waals surface area contributed by atoms with Crippen LogP contribution >= 0.6 is 22.7 Å². The maximum Gasteiger partial charge on any atom is 0.180 e. The molecule has 0 atom stereocenters. The fourth-order valence-corrected chi connectivity index (χ4v) is 2.87. The Bertz CT molecular complexity index is 459. The van der Waals surface area contributed by atoms with E-state index in [1.165, 1.54) is 21.1 Å². The van der Waals surface area contributed by atoms with Gasteiger partial charge in [-0.25, -0.2) is 4.98 Å². The van der Waals surface area contributed by atoms with Gasteiger partial charge in [-0.3, -0.25) is 0 Å². The van der Waals surface area contributed by atoms with Crippen LogP contribution in [0.25, 0.3) is 10.6 Å². The minimum atomic E-state index is 0.514. The molecule has 0 aliphatic heterocycles. The Balaban J connectivity index is 2.07. The topological polar surface area (TPSA) is 50.9 Å². The van der Waals surface area contributed by atoms with Crippen LogP contribution in [0.2, 0.25) is 0 Å². The fourth-order valence-electron chi connectivity index (χ4n) is 1.32. The number of thiophene rings is 1. The summed E-state index contributed by atoms with van der Waals surface area (Å²) in [6, 6.07) is 4.77. The Labute approximate surface area is 103 Å². The summed E-state index contributed by atoms with van der Waals surface area (Å²) in [5.74, 6) is 0. The average Bonchev–Trinajstić information content (AvgIpc) is 2.83. The number of nitrogen functional groups attached to an aromatic ring is 1. The van der Waals surface area contributed by atoms with Crippen LogP contribution < -0.4 is 11.1 Å². The highest BCUT2D eigenvalue weighted by Crippen LogP contribution is 2.29. The Morgan fingerprint density at radius 3 is 2.88 bits per heavy atom. The molecule has 0 saturated heterocycles. The van der Waals surface area contributed by atoms with Crippen LogP contribution in [-0.4, -0.2) is 11.0 Å². The summed E-state index contributed by atoms with van der Waals surface area (Å²) >= 11 is 3.25. The predicted octanol–water partition coefficient (Wildman–Crippen LogP) is 2.95. The normalized spacial score (nSPS) is 11.2. The quantitative estimate of drug-likeness (QED) is 0.881. The summed E-state index contributed by atoms with van der Waals surface area (Å²) in [5.41, 5.74) is 6.61. The van der Waals surface area contributed by atoms with E-state index in [0.717, 1.165) is 12.2 Å². The zero-order valence-electron chi connectivity index (χ0n) is 9.36. The van der Waals surface area contributed by atoms with E-state index in [-0.39, 0.29) is 0 Å². The van der Waals surface area contributed by atoms with Gasteiger partial charge in [-0.05, 0) is 12.1 Å². The van der Waals surface area contributed by atoms with Crippen LogP contribution in [0.5, 0.6) is 0 Å². The van der Waals surface area contributed by atoms with E-state index in [1.54, 1.807) is 11.3 Å². The Morgan fingerprint density at radius 2 is 2.25 bits per heavy atom. The number of hydrogen-bond acceptors (Lipinski definition) is 5. The van der Waals surface area contributed by atoms with Crippen molar-refractivity contribution in [2.45, 2.75) is 26.4 Å². The summed E-state index contributed by atoms with van der Waals surface area (Å²) in [5, 5.41) is 6.03. The number of thiazole rings is 1. The molecule has 3 nitrogen and oxygen atoms in total. The highest BCUT2D eigenvalue weighted by molar-refractivity contribution is 7.16. The Hall–Kier alpha value is -0.910. The second kappa shape index (κ2) is 4.95. The molecule has 0 amide bonds. The molecular weight excluding hydrogens is 238 g/mol. The first-order chi connectivity index (χ1) is 7.65. The number of rotatable bonds is 4. The van der Waals surface area contributed by atoms with Crippen molar-refractivity contribution in [3.05, 3.63) is 22.4 Å². The summed E-state index contributed by atoms with van der Waals surface area (Å²) in [6.07, 6.45) is 0. The molecule has 86 valence electrons. The van der Waals surface area contributed by atoms with Gasteiger partial charge in [-0.1, -0.05) is 13.8 Å². The molecule has 2 rings (SSSR count). The first-order valence-electron chi connectivity index (χ1n) is 5.18. The smallest absolute Gasteiger partial charge is 0.180 e. The second-order valence-corrected chi connectivity index (χ2v) is 5.93. The lowest BCUT2D eigenvalue weighted by Crippen LogP contribution is -2.21. The molecule has 16 heavy (non-hydrogen) atoms. The molecule has 5 heteroatoms. The highest BCUT2D eigenvalue weighted by atomic mass is 32.1.